The third-order valence-electron chi connectivity index (χ3n) is 4.41. The van der Waals surface area contributed by atoms with Crippen LogP contribution in [0.4, 0.5) is 5.95 Å². The minimum absolute atomic E-state index is 0.130. The average Bonchev–Trinajstić information content (AvgIpc) is 3.04. The lowest BCUT2D eigenvalue weighted by Crippen LogP contribution is -2.28. The second-order valence-corrected chi connectivity index (χ2v) is 7.95. The van der Waals surface area contributed by atoms with Gasteiger partial charge in [0.1, 0.15) is 23.8 Å². The molecule has 3 aromatic rings. The van der Waals surface area contributed by atoms with E-state index in [1.165, 1.54) is 6.20 Å². The van der Waals surface area contributed by atoms with E-state index in [1.807, 2.05) is 52.8 Å². The summed E-state index contributed by atoms with van der Waals surface area (Å²) in [6, 6.07) is 5.90. The number of benzene rings is 1. The molecule has 1 aromatic carbocycles. The van der Waals surface area contributed by atoms with Gasteiger partial charge in [0.25, 0.3) is 5.56 Å². The lowest BCUT2D eigenvalue weighted by Gasteiger charge is -2.20. The maximum Gasteiger partial charge on any atom is 0.263 e. The van der Waals surface area contributed by atoms with Gasteiger partial charge in [-0.3, -0.25) is 9.78 Å². The number of aromatic nitrogens is 4. The summed E-state index contributed by atoms with van der Waals surface area (Å²) in [6.45, 7) is 10.2. The number of fused-ring (bicyclic) bond motifs is 1. The second kappa shape index (κ2) is 7.63. The van der Waals surface area contributed by atoms with Crippen molar-refractivity contribution in [3.8, 4) is 5.75 Å². The van der Waals surface area contributed by atoms with E-state index >= 15 is 0 Å². The van der Waals surface area contributed by atoms with Gasteiger partial charge in [-0.15, -0.1) is 0 Å². The molecule has 2 heterocycles. The molecular formula is C20H27N5O3. The third-order valence-corrected chi connectivity index (χ3v) is 4.41. The Balaban J connectivity index is 1.68. The smallest absolute Gasteiger partial charge is 0.263 e. The molecule has 0 saturated carbocycles. The first-order chi connectivity index (χ1) is 13.2. The summed E-state index contributed by atoms with van der Waals surface area (Å²) in [4.78, 5) is 19.4. The van der Waals surface area contributed by atoms with E-state index in [2.05, 4.69) is 20.4 Å². The summed E-state index contributed by atoms with van der Waals surface area (Å²) >= 11 is 0. The Morgan fingerprint density at radius 1 is 1.29 bits per heavy atom. The number of hydrogen-bond donors (Lipinski definition) is 3. The Morgan fingerprint density at radius 3 is 2.61 bits per heavy atom. The van der Waals surface area contributed by atoms with E-state index in [0.717, 1.165) is 16.9 Å². The van der Waals surface area contributed by atoms with E-state index in [-0.39, 0.29) is 30.2 Å². The lowest BCUT2D eigenvalue weighted by atomic mass is 10.1. The maximum absolute atomic E-state index is 12.3. The van der Waals surface area contributed by atoms with Crippen LogP contribution >= 0.6 is 0 Å². The summed E-state index contributed by atoms with van der Waals surface area (Å²) in [5, 5.41) is 17.9. The van der Waals surface area contributed by atoms with Crippen LogP contribution in [0.25, 0.3) is 11.0 Å². The van der Waals surface area contributed by atoms with Gasteiger partial charge in [0, 0.05) is 6.54 Å². The molecule has 0 aliphatic rings. The number of aliphatic hydroxyl groups excluding tert-OH is 1. The zero-order chi connectivity index (χ0) is 20.5. The summed E-state index contributed by atoms with van der Waals surface area (Å²) in [5.74, 6) is 1.07. The molecule has 8 heteroatoms. The lowest BCUT2D eigenvalue weighted by molar-refractivity contribution is 0.116. The Bertz CT molecular complexity index is 1010. The molecule has 0 bridgehead atoms. The van der Waals surface area contributed by atoms with Gasteiger partial charge in [-0.25, -0.2) is 4.68 Å². The van der Waals surface area contributed by atoms with Crippen LogP contribution in [0.2, 0.25) is 0 Å². The SMILES string of the molecule is Cc1cccc(C)c1OC[C@@H](O)CNc1nc2c(cnn2C(C)(C)C)c(=O)[nH]1. The summed E-state index contributed by atoms with van der Waals surface area (Å²) in [5.41, 5.74) is 1.96. The first-order valence-electron chi connectivity index (χ1n) is 9.26. The van der Waals surface area contributed by atoms with E-state index in [9.17, 15) is 9.90 Å². The molecule has 2 aromatic heterocycles. The highest BCUT2D eigenvalue weighted by atomic mass is 16.5. The molecule has 0 aliphatic carbocycles. The number of hydrogen-bond acceptors (Lipinski definition) is 6. The average molecular weight is 385 g/mol. The number of nitrogens with zero attached hydrogens (tertiary/aromatic N) is 3. The summed E-state index contributed by atoms with van der Waals surface area (Å²) in [7, 11) is 0. The van der Waals surface area contributed by atoms with E-state index < -0.39 is 6.10 Å². The number of aliphatic hydroxyl groups is 1. The minimum atomic E-state index is -0.771. The van der Waals surface area contributed by atoms with Crippen molar-refractivity contribution < 1.29 is 9.84 Å². The molecule has 0 unspecified atom stereocenters. The number of nitrogens with one attached hydrogen (secondary N) is 2. The van der Waals surface area contributed by atoms with Gasteiger partial charge in [-0.2, -0.15) is 10.1 Å². The van der Waals surface area contributed by atoms with Crippen LogP contribution in [0.5, 0.6) is 5.75 Å². The molecule has 0 saturated heterocycles. The Hall–Kier alpha value is -2.87. The van der Waals surface area contributed by atoms with Crippen molar-refractivity contribution >= 4 is 17.0 Å². The van der Waals surface area contributed by atoms with Gasteiger partial charge in [0.15, 0.2) is 5.65 Å². The fourth-order valence-electron chi connectivity index (χ4n) is 2.97. The predicted octanol–water partition coefficient (Wildman–Crippen LogP) is 2.34. The van der Waals surface area contributed by atoms with Crippen molar-refractivity contribution in [1.29, 1.82) is 0 Å². The van der Waals surface area contributed by atoms with Crippen molar-refractivity contribution in [3.05, 3.63) is 45.9 Å². The molecule has 0 spiro atoms. The number of para-hydroxylation sites is 1. The van der Waals surface area contributed by atoms with Gasteiger partial charge in [-0.05, 0) is 45.7 Å². The largest absolute Gasteiger partial charge is 0.490 e. The maximum atomic E-state index is 12.3. The van der Waals surface area contributed by atoms with Crippen LogP contribution in [0, 0.1) is 13.8 Å². The Labute approximate surface area is 163 Å². The highest BCUT2D eigenvalue weighted by Crippen LogP contribution is 2.22. The number of aromatic amines is 1. The van der Waals surface area contributed by atoms with Crippen LogP contribution in [0.3, 0.4) is 0 Å². The van der Waals surface area contributed by atoms with Gasteiger partial charge < -0.3 is 15.2 Å². The summed E-state index contributed by atoms with van der Waals surface area (Å²) < 4.78 is 7.48. The molecule has 0 radical (unpaired) electrons. The van der Waals surface area contributed by atoms with Gasteiger partial charge in [0.05, 0.1) is 11.7 Å². The van der Waals surface area contributed by atoms with E-state index in [0.29, 0.717) is 11.0 Å². The Morgan fingerprint density at radius 2 is 1.96 bits per heavy atom. The molecule has 0 fully saturated rings. The number of rotatable bonds is 6. The topological polar surface area (TPSA) is 105 Å². The standard InChI is InChI=1S/C20H27N5O3/c1-12-7-6-8-13(2)16(12)28-11-14(26)9-21-19-23-17-15(18(27)24-19)10-22-25(17)20(3,4)5/h6-8,10,14,26H,9,11H2,1-5H3,(H2,21,23,24,27)/t14-/m0/s1. The van der Waals surface area contributed by atoms with Crippen LogP contribution < -0.4 is 15.6 Å². The minimum Gasteiger partial charge on any atom is -0.490 e. The third kappa shape index (κ3) is 4.17. The Kier molecular flexibility index (Phi) is 5.42. The highest BCUT2D eigenvalue weighted by molar-refractivity contribution is 5.74. The molecule has 150 valence electrons. The highest BCUT2D eigenvalue weighted by Gasteiger charge is 2.20. The van der Waals surface area contributed by atoms with Crippen LogP contribution in [-0.2, 0) is 5.54 Å². The van der Waals surface area contributed by atoms with Gasteiger partial charge in [-0.1, -0.05) is 18.2 Å². The first-order valence-corrected chi connectivity index (χ1v) is 9.26. The molecule has 1 atom stereocenters. The monoisotopic (exact) mass is 385 g/mol. The fourth-order valence-corrected chi connectivity index (χ4v) is 2.97. The first kappa shape index (κ1) is 19.9. The van der Waals surface area contributed by atoms with Crippen molar-refractivity contribution in [3.63, 3.8) is 0 Å². The molecule has 28 heavy (non-hydrogen) atoms. The summed E-state index contributed by atoms with van der Waals surface area (Å²) in [6.07, 6.45) is 0.746. The number of ether oxygens (including phenoxy) is 1. The zero-order valence-electron chi connectivity index (χ0n) is 16.9. The zero-order valence-corrected chi connectivity index (χ0v) is 16.9. The van der Waals surface area contributed by atoms with Crippen molar-refractivity contribution in [2.75, 3.05) is 18.5 Å². The normalized spacial score (nSPS) is 12.9. The second-order valence-electron chi connectivity index (χ2n) is 7.95. The van der Waals surface area contributed by atoms with Crippen LogP contribution in [0.1, 0.15) is 31.9 Å². The number of aryl methyl sites for hydroxylation is 2. The van der Waals surface area contributed by atoms with Crippen molar-refractivity contribution in [2.24, 2.45) is 0 Å². The van der Waals surface area contributed by atoms with Crippen molar-refractivity contribution in [1.82, 2.24) is 19.7 Å². The van der Waals surface area contributed by atoms with Gasteiger partial charge in [0.2, 0.25) is 5.95 Å². The van der Waals surface area contributed by atoms with Gasteiger partial charge >= 0.3 is 0 Å². The van der Waals surface area contributed by atoms with Crippen LogP contribution in [-0.4, -0.2) is 44.1 Å². The molecule has 3 rings (SSSR count). The molecule has 8 nitrogen and oxygen atoms in total. The molecule has 0 amide bonds. The number of anilines is 1. The van der Waals surface area contributed by atoms with E-state index in [4.69, 9.17) is 4.74 Å². The van der Waals surface area contributed by atoms with E-state index in [1.54, 1.807) is 4.68 Å². The number of H-pyrrole nitrogens is 1. The quantitative estimate of drug-likeness (QED) is 0.602. The molecular weight excluding hydrogens is 358 g/mol. The molecule has 0 aliphatic heterocycles. The molecule has 3 N–H and O–H groups in total. The van der Waals surface area contributed by atoms with Crippen molar-refractivity contribution in [2.45, 2.75) is 46.3 Å². The predicted molar refractivity (Wildman–Crippen MR) is 109 cm³/mol. The fraction of sp³-hybridized carbons (Fsp3) is 0.450. The van der Waals surface area contributed by atoms with Crippen LogP contribution in [0.15, 0.2) is 29.2 Å².